The molecule has 2 aromatic heterocycles. The molecule has 0 fully saturated rings. The first-order valence-electron chi connectivity index (χ1n) is 9.35. The summed E-state index contributed by atoms with van der Waals surface area (Å²) in [4.78, 5) is 8.61. The van der Waals surface area contributed by atoms with Gasteiger partial charge < -0.3 is 20.7 Å². The molecule has 0 bridgehead atoms. The lowest BCUT2D eigenvalue weighted by Gasteiger charge is -2.14. The average Bonchev–Trinajstić information content (AvgIpc) is 3.17. The second kappa shape index (κ2) is 9.28. The Labute approximate surface area is 168 Å². The van der Waals surface area contributed by atoms with Crippen molar-refractivity contribution < 1.29 is 9.13 Å². The monoisotopic (exact) mass is 400 g/mol. The van der Waals surface area contributed by atoms with Gasteiger partial charge in [-0.3, -0.25) is 0 Å². The molecule has 0 atom stereocenters. The van der Waals surface area contributed by atoms with Gasteiger partial charge in [0, 0.05) is 25.4 Å². The first kappa shape index (κ1) is 20.5. The number of anilines is 3. The number of hydrogen-bond acceptors (Lipinski definition) is 8. The second-order valence-electron chi connectivity index (χ2n) is 6.40. The van der Waals surface area contributed by atoms with Crippen molar-refractivity contribution in [1.82, 2.24) is 30.3 Å². The number of methoxy groups -OCH3 is 1. The lowest BCUT2D eigenvalue weighted by molar-refractivity contribution is 0.407. The van der Waals surface area contributed by atoms with E-state index in [-0.39, 0.29) is 17.3 Å². The zero-order valence-electron chi connectivity index (χ0n) is 17.0. The molecule has 0 radical (unpaired) electrons. The zero-order chi connectivity index (χ0) is 20.8. The van der Waals surface area contributed by atoms with Crippen molar-refractivity contribution in [3.05, 3.63) is 41.6 Å². The number of halogens is 1. The average molecular weight is 400 g/mol. The van der Waals surface area contributed by atoms with Crippen LogP contribution in [-0.2, 0) is 6.54 Å². The number of rotatable bonds is 9. The maximum absolute atomic E-state index is 15.4. The van der Waals surface area contributed by atoms with Gasteiger partial charge in [0.05, 0.1) is 24.7 Å². The molecular weight excluding hydrogens is 375 g/mol. The molecule has 0 saturated heterocycles. The third kappa shape index (κ3) is 4.77. The van der Waals surface area contributed by atoms with Crippen LogP contribution in [0.15, 0.2) is 24.4 Å². The van der Waals surface area contributed by atoms with Gasteiger partial charge in [0.1, 0.15) is 17.3 Å². The predicted molar refractivity (Wildman–Crippen MR) is 109 cm³/mol. The van der Waals surface area contributed by atoms with E-state index in [0.29, 0.717) is 23.8 Å². The molecule has 0 amide bonds. The molecule has 0 aliphatic carbocycles. The minimum Gasteiger partial charge on any atom is -0.494 e. The molecule has 1 aromatic carbocycles. The number of ether oxygens (including phenoxy) is 1. The van der Waals surface area contributed by atoms with Crippen molar-refractivity contribution in [2.24, 2.45) is 0 Å². The fraction of sp³-hybridized carbons (Fsp3) is 0.368. The Balaban J connectivity index is 1.93. The number of nitrogens with zero attached hydrogens (tertiary/aromatic N) is 5. The zero-order valence-corrected chi connectivity index (χ0v) is 17.0. The summed E-state index contributed by atoms with van der Waals surface area (Å²) in [5, 5.41) is 17.3. The molecule has 2 heterocycles. The van der Waals surface area contributed by atoms with Gasteiger partial charge in [0.2, 0.25) is 5.95 Å². The van der Waals surface area contributed by atoms with E-state index in [1.807, 2.05) is 6.92 Å². The Morgan fingerprint density at radius 1 is 1.24 bits per heavy atom. The Morgan fingerprint density at radius 2 is 2.07 bits per heavy atom. The van der Waals surface area contributed by atoms with Crippen molar-refractivity contribution in [2.75, 3.05) is 31.3 Å². The molecule has 3 aromatic rings. The predicted octanol–water partition coefficient (Wildman–Crippen LogP) is 2.80. The fourth-order valence-corrected chi connectivity index (χ4v) is 2.78. The van der Waals surface area contributed by atoms with Crippen LogP contribution in [0.3, 0.4) is 0 Å². The molecule has 9 nitrogen and oxygen atoms in total. The van der Waals surface area contributed by atoms with Gasteiger partial charge >= 0.3 is 0 Å². The summed E-state index contributed by atoms with van der Waals surface area (Å²) < 4.78 is 22.1. The van der Waals surface area contributed by atoms with E-state index in [1.165, 1.54) is 11.8 Å². The standard InChI is InChI=1S/C19H25FN8O/c1-5-8-22-10-13-11-28(27-26-13)18-15(29-4)7-6-14(17(18)20)24-19-23-12(2)9-16(21-3)25-19/h6-7,9,11,22H,5,8,10H2,1-4H3,(H2,21,23,24,25). The van der Waals surface area contributed by atoms with Crippen LogP contribution in [0.1, 0.15) is 24.7 Å². The molecule has 29 heavy (non-hydrogen) atoms. The summed E-state index contributed by atoms with van der Waals surface area (Å²) >= 11 is 0. The maximum atomic E-state index is 15.4. The van der Waals surface area contributed by atoms with Gasteiger partial charge in [-0.05, 0) is 32.0 Å². The lowest BCUT2D eigenvalue weighted by Crippen LogP contribution is -2.13. The molecule has 0 saturated carbocycles. The fourth-order valence-electron chi connectivity index (χ4n) is 2.78. The summed E-state index contributed by atoms with van der Waals surface area (Å²) in [6, 6.07) is 5.03. The number of benzene rings is 1. The normalized spacial score (nSPS) is 10.8. The van der Waals surface area contributed by atoms with Crippen molar-refractivity contribution in [1.29, 1.82) is 0 Å². The van der Waals surface area contributed by atoms with Gasteiger partial charge in [-0.15, -0.1) is 5.10 Å². The third-order valence-corrected chi connectivity index (χ3v) is 4.16. The van der Waals surface area contributed by atoms with Gasteiger partial charge in [0.15, 0.2) is 5.82 Å². The largest absolute Gasteiger partial charge is 0.494 e. The van der Waals surface area contributed by atoms with Crippen LogP contribution in [-0.4, -0.2) is 45.7 Å². The highest BCUT2D eigenvalue weighted by Gasteiger charge is 2.19. The van der Waals surface area contributed by atoms with Crippen molar-refractivity contribution >= 4 is 17.5 Å². The van der Waals surface area contributed by atoms with Crippen molar-refractivity contribution in [2.45, 2.75) is 26.8 Å². The highest BCUT2D eigenvalue weighted by atomic mass is 19.1. The summed E-state index contributed by atoms with van der Waals surface area (Å²) in [5.41, 5.74) is 1.82. The van der Waals surface area contributed by atoms with Crippen LogP contribution < -0.4 is 20.7 Å². The van der Waals surface area contributed by atoms with Crippen LogP contribution in [0.4, 0.5) is 21.8 Å². The minimum atomic E-state index is -0.543. The quantitative estimate of drug-likeness (QED) is 0.471. The molecule has 3 rings (SSSR count). The van der Waals surface area contributed by atoms with Crippen LogP contribution in [0.25, 0.3) is 5.69 Å². The molecule has 0 spiro atoms. The van der Waals surface area contributed by atoms with Crippen molar-refractivity contribution in [3.8, 4) is 11.4 Å². The summed E-state index contributed by atoms with van der Waals surface area (Å²) in [5.74, 6) is 0.715. The second-order valence-corrected chi connectivity index (χ2v) is 6.40. The third-order valence-electron chi connectivity index (χ3n) is 4.16. The highest BCUT2D eigenvalue weighted by Crippen LogP contribution is 2.31. The minimum absolute atomic E-state index is 0.160. The Hall–Kier alpha value is -3.27. The summed E-state index contributed by atoms with van der Waals surface area (Å²) in [6.07, 6.45) is 2.69. The maximum Gasteiger partial charge on any atom is 0.229 e. The van der Waals surface area contributed by atoms with Gasteiger partial charge in [0.25, 0.3) is 0 Å². The highest BCUT2D eigenvalue weighted by molar-refractivity contribution is 5.64. The molecule has 3 N–H and O–H groups in total. The molecule has 0 aliphatic rings. The smallest absolute Gasteiger partial charge is 0.229 e. The summed E-state index contributed by atoms with van der Waals surface area (Å²) in [6.45, 7) is 5.35. The Kier molecular flexibility index (Phi) is 6.55. The van der Waals surface area contributed by atoms with Gasteiger partial charge in [-0.2, -0.15) is 4.98 Å². The Bertz CT molecular complexity index is 975. The summed E-state index contributed by atoms with van der Waals surface area (Å²) in [7, 11) is 3.24. The van der Waals surface area contributed by atoms with E-state index in [4.69, 9.17) is 4.74 Å². The van der Waals surface area contributed by atoms with E-state index >= 15 is 4.39 Å². The molecular formula is C19H25FN8O. The van der Waals surface area contributed by atoms with Gasteiger partial charge in [-0.1, -0.05) is 12.1 Å². The first-order valence-corrected chi connectivity index (χ1v) is 9.35. The Morgan fingerprint density at radius 3 is 2.79 bits per heavy atom. The molecule has 0 aliphatic heterocycles. The van der Waals surface area contributed by atoms with Crippen molar-refractivity contribution in [3.63, 3.8) is 0 Å². The van der Waals surface area contributed by atoms with E-state index < -0.39 is 5.82 Å². The topological polar surface area (TPSA) is 102 Å². The SMILES string of the molecule is CCCNCc1cn(-c2c(OC)ccc(Nc3nc(C)cc(NC)n3)c2F)nn1. The van der Waals surface area contributed by atoms with Crippen LogP contribution >= 0.6 is 0 Å². The lowest BCUT2D eigenvalue weighted by atomic mass is 10.2. The van der Waals surface area contributed by atoms with Crippen LogP contribution in [0, 0.1) is 12.7 Å². The number of aromatic nitrogens is 5. The molecule has 10 heteroatoms. The van der Waals surface area contributed by atoms with E-state index in [1.54, 1.807) is 31.4 Å². The number of aryl methyl sites for hydroxylation is 1. The van der Waals surface area contributed by atoms with Crippen LogP contribution in [0.2, 0.25) is 0 Å². The van der Waals surface area contributed by atoms with Crippen LogP contribution in [0.5, 0.6) is 5.75 Å². The number of hydrogen-bond donors (Lipinski definition) is 3. The van der Waals surface area contributed by atoms with E-state index in [9.17, 15) is 0 Å². The molecule has 154 valence electrons. The van der Waals surface area contributed by atoms with E-state index in [2.05, 4.69) is 43.2 Å². The number of nitrogens with one attached hydrogen (secondary N) is 3. The van der Waals surface area contributed by atoms with Gasteiger partial charge in [-0.25, -0.2) is 14.1 Å². The van der Waals surface area contributed by atoms with E-state index in [0.717, 1.165) is 18.7 Å². The first-order chi connectivity index (χ1) is 14.0. The molecule has 0 unspecified atom stereocenters.